The van der Waals surface area contributed by atoms with Crippen molar-refractivity contribution in [2.45, 2.75) is 33.2 Å². The second kappa shape index (κ2) is 8.62. The molecule has 0 fully saturated rings. The second-order valence-electron chi connectivity index (χ2n) is 5.52. The van der Waals surface area contributed by atoms with Crippen LogP contribution in [0.4, 0.5) is 4.39 Å². The van der Waals surface area contributed by atoms with Crippen molar-refractivity contribution in [2.24, 2.45) is 5.92 Å². The lowest BCUT2D eigenvalue weighted by molar-refractivity contribution is -0.123. The lowest BCUT2D eigenvalue weighted by Crippen LogP contribution is -2.30. The lowest BCUT2D eigenvalue weighted by Gasteiger charge is -2.13. The fourth-order valence-electron chi connectivity index (χ4n) is 1.76. The molecule has 1 rings (SSSR count). The minimum Gasteiger partial charge on any atom is -0.481 e. The van der Waals surface area contributed by atoms with Gasteiger partial charge in [-0.1, -0.05) is 19.9 Å². The van der Waals surface area contributed by atoms with Crippen molar-refractivity contribution in [2.75, 3.05) is 20.2 Å². The van der Waals surface area contributed by atoms with Crippen LogP contribution in [-0.2, 0) is 4.79 Å². The fraction of sp³-hybridized carbons (Fsp3) is 0.562. The molecule has 118 valence electrons. The van der Waals surface area contributed by atoms with E-state index >= 15 is 0 Å². The first kappa shape index (κ1) is 17.4. The molecule has 0 bridgehead atoms. The van der Waals surface area contributed by atoms with Crippen LogP contribution >= 0.6 is 0 Å². The molecule has 1 unspecified atom stereocenters. The number of rotatable bonds is 8. The Hall–Kier alpha value is -1.62. The highest BCUT2D eigenvalue weighted by Crippen LogP contribution is 2.21. The number of hydrogen-bond donors (Lipinski definition) is 2. The van der Waals surface area contributed by atoms with Crippen molar-refractivity contribution in [3.8, 4) is 5.75 Å². The maximum Gasteiger partial charge on any atom is 0.257 e. The molecular weight excluding hydrogens is 271 g/mol. The van der Waals surface area contributed by atoms with Crippen LogP contribution in [0.5, 0.6) is 5.75 Å². The smallest absolute Gasteiger partial charge is 0.257 e. The molecule has 0 radical (unpaired) electrons. The molecule has 5 heteroatoms. The number of hydrogen-bond acceptors (Lipinski definition) is 3. The molecule has 0 spiro atoms. The lowest BCUT2D eigenvalue weighted by atomic mass is 10.1. The van der Waals surface area contributed by atoms with Gasteiger partial charge in [0.1, 0.15) is 0 Å². The Morgan fingerprint density at radius 1 is 1.33 bits per heavy atom. The van der Waals surface area contributed by atoms with E-state index in [4.69, 9.17) is 4.74 Å². The molecule has 0 aliphatic rings. The van der Waals surface area contributed by atoms with Gasteiger partial charge in [0.2, 0.25) is 0 Å². The van der Waals surface area contributed by atoms with Gasteiger partial charge in [-0.05, 0) is 44.0 Å². The van der Waals surface area contributed by atoms with E-state index < -0.39 is 5.82 Å². The first-order valence-corrected chi connectivity index (χ1v) is 7.30. The fourth-order valence-corrected chi connectivity index (χ4v) is 1.76. The second-order valence-corrected chi connectivity index (χ2v) is 5.52. The minimum absolute atomic E-state index is 0.0629. The van der Waals surface area contributed by atoms with Gasteiger partial charge in [-0.3, -0.25) is 4.79 Å². The predicted octanol–water partition coefficient (Wildman–Crippen LogP) is 2.65. The Morgan fingerprint density at radius 2 is 2.05 bits per heavy atom. The Bertz CT molecular complexity index is 464. The highest BCUT2D eigenvalue weighted by molar-refractivity contribution is 5.77. The number of carbonyl (C=O) groups is 1. The molecule has 1 atom stereocenters. The van der Waals surface area contributed by atoms with Gasteiger partial charge in [-0.2, -0.15) is 0 Å². The number of nitrogens with one attached hydrogen (secondary N) is 2. The summed E-state index contributed by atoms with van der Waals surface area (Å²) in [6.45, 7) is 6.56. The van der Waals surface area contributed by atoms with Gasteiger partial charge < -0.3 is 15.4 Å². The van der Waals surface area contributed by atoms with Gasteiger partial charge in [0.05, 0.1) is 0 Å². The van der Waals surface area contributed by atoms with Crippen molar-refractivity contribution in [1.82, 2.24) is 10.6 Å². The summed E-state index contributed by atoms with van der Waals surface area (Å²) in [5.74, 6) is -0.0567. The van der Waals surface area contributed by atoms with Crippen LogP contribution in [0.25, 0.3) is 0 Å². The number of benzene rings is 1. The third kappa shape index (κ3) is 6.12. The normalized spacial score (nSPS) is 12.3. The van der Waals surface area contributed by atoms with E-state index in [0.717, 1.165) is 12.0 Å². The third-order valence-electron chi connectivity index (χ3n) is 3.29. The Kier molecular flexibility index (Phi) is 7.15. The SMILES string of the molecule is CNC(C)c1ccc(OCC(=O)NCCC(C)C)c(F)c1. The highest BCUT2D eigenvalue weighted by atomic mass is 19.1. The molecule has 1 amide bonds. The number of amides is 1. The third-order valence-corrected chi connectivity index (χ3v) is 3.29. The van der Waals surface area contributed by atoms with Crippen LogP contribution in [0, 0.1) is 11.7 Å². The van der Waals surface area contributed by atoms with Gasteiger partial charge in [0, 0.05) is 12.6 Å². The molecule has 0 aliphatic heterocycles. The molecule has 0 heterocycles. The molecule has 1 aromatic carbocycles. The Morgan fingerprint density at radius 3 is 2.62 bits per heavy atom. The Labute approximate surface area is 126 Å². The number of ether oxygens (including phenoxy) is 1. The average Bonchev–Trinajstić information content (AvgIpc) is 2.44. The van der Waals surface area contributed by atoms with Crippen LogP contribution in [0.2, 0.25) is 0 Å². The predicted molar refractivity (Wildman–Crippen MR) is 81.8 cm³/mol. The zero-order valence-corrected chi connectivity index (χ0v) is 13.2. The summed E-state index contributed by atoms with van der Waals surface area (Å²) in [4.78, 5) is 11.6. The van der Waals surface area contributed by atoms with Crippen molar-refractivity contribution in [3.63, 3.8) is 0 Å². The monoisotopic (exact) mass is 296 g/mol. The van der Waals surface area contributed by atoms with Crippen LogP contribution in [-0.4, -0.2) is 26.1 Å². The number of carbonyl (C=O) groups excluding carboxylic acids is 1. The largest absolute Gasteiger partial charge is 0.481 e. The van der Waals surface area contributed by atoms with Gasteiger partial charge in [0.25, 0.3) is 5.91 Å². The standard InChI is InChI=1S/C16H25FN2O2/c1-11(2)7-8-19-16(20)10-21-15-6-5-13(9-14(15)17)12(3)18-4/h5-6,9,11-12,18H,7-8,10H2,1-4H3,(H,19,20). The van der Waals surface area contributed by atoms with E-state index in [0.29, 0.717) is 12.5 Å². The molecular formula is C16H25FN2O2. The van der Waals surface area contributed by atoms with Gasteiger partial charge in [0.15, 0.2) is 18.2 Å². The summed E-state index contributed by atoms with van der Waals surface area (Å²) in [5.41, 5.74) is 0.837. The minimum atomic E-state index is -0.454. The Balaban J connectivity index is 2.46. The van der Waals surface area contributed by atoms with E-state index in [1.165, 1.54) is 6.07 Å². The van der Waals surface area contributed by atoms with Crippen molar-refractivity contribution < 1.29 is 13.9 Å². The summed E-state index contributed by atoms with van der Waals surface area (Å²) < 4.78 is 19.1. The zero-order chi connectivity index (χ0) is 15.8. The maximum atomic E-state index is 13.9. The average molecular weight is 296 g/mol. The van der Waals surface area contributed by atoms with Gasteiger partial charge in [-0.15, -0.1) is 0 Å². The first-order valence-electron chi connectivity index (χ1n) is 7.30. The maximum absolute atomic E-state index is 13.9. The molecule has 1 aromatic rings. The molecule has 0 saturated heterocycles. The van der Waals surface area contributed by atoms with E-state index in [1.807, 2.05) is 14.0 Å². The molecule has 0 aromatic heterocycles. The van der Waals surface area contributed by atoms with Crippen molar-refractivity contribution in [3.05, 3.63) is 29.6 Å². The summed E-state index contributed by atoms with van der Waals surface area (Å²) in [6.07, 6.45) is 0.913. The summed E-state index contributed by atoms with van der Waals surface area (Å²) >= 11 is 0. The number of halogens is 1. The van der Waals surface area contributed by atoms with Crippen LogP contribution in [0.1, 0.15) is 38.8 Å². The summed E-state index contributed by atoms with van der Waals surface area (Å²) in [6, 6.07) is 4.83. The summed E-state index contributed by atoms with van der Waals surface area (Å²) in [5, 5.41) is 5.78. The van der Waals surface area contributed by atoms with Crippen molar-refractivity contribution >= 4 is 5.91 Å². The quantitative estimate of drug-likeness (QED) is 0.775. The molecule has 21 heavy (non-hydrogen) atoms. The summed E-state index contributed by atoms with van der Waals surface area (Å²) in [7, 11) is 1.81. The van der Waals surface area contributed by atoms with E-state index in [9.17, 15) is 9.18 Å². The van der Waals surface area contributed by atoms with Crippen LogP contribution in [0.15, 0.2) is 18.2 Å². The van der Waals surface area contributed by atoms with E-state index in [-0.39, 0.29) is 24.3 Å². The van der Waals surface area contributed by atoms with Crippen molar-refractivity contribution in [1.29, 1.82) is 0 Å². The first-order chi connectivity index (χ1) is 9.93. The van der Waals surface area contributed by atoms with E-state index in [2.05, 4.69) is 24.5 Å². The molecule has 2 N–H and O–H groups in total. The molecule has 0 aliphatic carbocycles. The van der Waals surface area contributed by atoms with E-state index in [1.54, 1.807) is 12.1 Å². The molecule has 4 nitrogen and oxygen atoms in total. The van der Waals surface area contributed by atoms with Crippen LogP contribution in [0.3, 0.4) is 0 Å². The zero-order valence-electron chi connectivity index (χ0n) is 13.2. The van der Waals surface area contributed by atoms with Gasteiger partial charge in [-0.25, -0.2) is 4.39 Å². The topological polar surface area (TPSA) is 50.4 Å². The van der Waals surface area contributed by atoms with Gasteiger partial charge >= 0.3 is 0 Å². The highest BCUT2D eigenvalue weighted by Gasteiger charge is 2.10. The molecule has 0 saturated carbocycles. The van der Waals surface area contributed by atoms with Crippen LogP contribution < -0.4 is 15.4 Å².